The van der Waals surface area contributed by atoms with Crippen molar-refractivity contribution in [2.75, 3.05) is 0 Å². The molecule has 0 saturated heterocycles. The number of unbranched alkanes of at least 4 members (excludes halogenated alkanes) is 1. The van der Waals surface area contributed by atoms with Crippen LogP contribution in [0.1, 0.15) is 45.4 Å². The van der Waals surface area contributed by atoms with Crippen molar-refractivity contribution in [3.05, 3.63) is 0 Å². The van der Waals surface area contributed by atoms with Crippen LogP contribution >= 0.6 is 0 Å². The van der Waals surface area contributed by atoms with Crippen molar-refractivity contribution in [1.29, 1.82) is 0 Å². The van der Waals surface area contributed by atoms with Crippen LogP contribution in [0.4, 0.5) is 0 Å². The fourth-order valence-corrected chi connectivity index (χ4v) is 1.72. The maximum absolute atomic E-state index is 10.1. The molecule has 0 aromatic rings. The summed E-state index contributed by atoms with van der Waals surface area (Å²) in [7, 11) is 0. The Balaban J connectivity index is 2.41. The van der Waals surface area contributed by atoms with Crippen molar-refractivity contribution in [1.82, 2.24) is 0 Å². The molecule has 1 nitrogen and oxygen atoms in total. The van der Waals surface area contributed by atoms with Gasteiger partial charge < -0.3 is 5.11 Å². The number of terminal acetylenes is 1. The maximum atomic E-state index is 10.1. The molecule has 68 valence electrons. The van der Waals surface area contributed by atoms with E-state index in [1.807, 2.05) is 0 Å². The molecule has 1 N–H and O–H groups in total. The maximum Gasteiger partial charge on any atom is 0.0784 e. The Hall–Kier alpha value is -0.480. The number of hydrogen-bond acceptors (Lipinski definition) is 1. The fourth-order valence-electron chi connectivity index (χ4n) is 1.72. The van der Waals surface area contributed by atoms with Crippen LogP contribution < -0.4 is 0 Å². The van der Waals surface area contributed by atoms with Crippen LogP contribution in [0.25, 0.3) is 0 Å². The van der Waals surface area contributed by atoms with Crippen molar-refractivity contribution in [2.45, 2.75) is 51.0 Å². The first-order valence-electron chi connectivity index (χ1n) is 4.89. The van der Waals surface area contributed by atoms with Crippen molar-refractivity contribution < 1.29 is 5.11 Å². The highest BCUT2D eigenvalue weighted by Crippen LogP contribution is 2.43. The molecule has 0 aliphatic heterocycles. The van der Waals surface area contributed by atoms with Crippen molar-refractivity contribution in [2.24, 2.45) is 5.92 Å². The molecule has 1 atom stereocenters. The van der Waals surface area contributed by atoms with E-state index in [0.717, 1.165) is 19.3 Å². The van der Waals surface area contributed by atoms with Crippen molar-refractivity contribution >= 4 is 0 Å². The first-order valence-corrected chi connectivity index (χ1v) is 4.89. The summed E-state index contributed by atoms with van der Waals surface area (Å²) in [6.07, 6.45) is 11.2. The predicted octanol–water partition coefficient (Wildman–Crippen LogP) is 2.34. The zero-order valence-corrected chi connectivity index (χ0v) is 7.84. The molecule has 1 rings (SSSR count). The van der Waals surface area contributed by atoms with Crippen LogP contribution in [-0.2, 0) is 0 Å². The molecule has 1 unspecified atom stereocenters. The first kappa shape index (κ1) is 9.61. The van der Waals surface area contributed by atoms with Gasteiger partial charge in [0.15, 0.2) is 0 Å². The van der Waals surface area contributed by atoms with Gasteiger partial charge in [-0.3, -0.25) is 0 Å². The van der Waals surface area contributed by atoms with Gasteiger partial charge in [-0.1, -0.05) is 19.8 Å². The van der Waals surface area contributed by atoms with Gasteiger partial charge in [-0.25, -0.2) is 0 Å². The Bertz CT molecular complexity index is 176. The van der Waals surface area contributed by atoms with Crippen LogP contribution in [0.2, 0.25) is 0 Å². The van der Waals surface area contributed by atoms with Crippen molar-refractivity contribution in [3.8, 4) is 12.3 Å². The van der Waals surface area contributed by atoms with E-state index >= 15 is 0 Å². The van der Waals surface area contributed by atoms with Crippen LogP contribution in [0.15, 0.2) is 0 Å². The molecule has 0 bridgehead atoms. The van der Waals surface area contributed by atoms with E-state index in [2.05, 4.69) is 12.8 Å². The minimum Gasteiger partial charge on any atom is -0.389 e. The Morgan fingerprint density at radius 2 is 2.25 bits per heavy atom. The van der Waals surface area contributed by atoms with Crippen LogP contribution in [0, 0.1) is 18.3 Å². The lowest BCUT2D eigenvalue weighted by Gasteiger charge is -2.25. The van der Waals surface area contributed by atoms with E-state index in [1.54, 1.807) is 0 Å². The SMILES string of the molecule is C#CCC(O)(CCCC)C1CC1. The highest BCUT2D eigenvalue weighted by Gasteiger charge is 2.42. The second-order valence-electron chi connectivity index (χ2n) is 3.86. The summed E-state index contributed by atoms with van der Waals surface area (Å²) in [4.78, 5) is 0. The summed E-state index contributed by atoms with van der Waals surface area (Å²) in [5, 5.41) is 10.1. The smallest absolute Gasteiger partial charge is 0.0784 e. The summed E-state index contributed by atoms with van der Waals surface area (Å²) >= 11 is 0. The Morgan fingerprint density at radius 1 is 1.58 bits per heavy atom. The summed E-state index contributed by atoms with van der Waals surface area (Å²) in [6, 6.07) is 0. The van der Waals surface area contributed by atoms with Gasteiger partial charge in [-0.2, -0.15) is 0 Å². The monoisotopic (exact) mass is 166 g/mol. The summed E-state index contributed by atoms with van der Waals surface area (Å²) in [5.41, 5.74) is -0.523. The molecule has 1 heteroatoms. The Kier molecular flexibility index (Phi) is 3.17. The van der Waals surface area contributed by atoms with Gasteiger partial charge in [-0.05, 0) is 25.2 Å². The molecule has 12 heavy (non-hydrogen) atoms. The lowest BCUT2D eigenvalue weighted by atomic mass is 9.88. The quantitative estimate of drug-likeness (QED) is 0.621. The van der Waals surface area contributed by atoms with Crippen molar-refractivity contribution in [3.63, 3.8) is 0 Å². The van der Waals surface area contributed by atoms with E-state index in [1.165, 1.54) is 12.8 Å². The molecule has 1 aliphatic rings. The van der Waals surface area contributed by atoms with E-state index in [9.17, 15) is 5.11 Å². The highest BCUT2D eigenvalue weighted by molar-refractivity contribution is 5.02. The van der Waals surface area contributed by atoms with Gasteiger partial charge in [0.1, 0.15) is 0 Å². The molecule has 1 aliphatic carbocycles. The number of hydrogen-bond donors (Lipinski definition) is 1. The van der Waals surface area contributed by atoms with Gasteiger partial charge in [0.05, 0.1) is 5.60 Å². The summed E-state index contributed by atoms with van der Waals surface area (Å²) < 4.78 is 0. The van der Waals surface area contributed by atoms with E-state index in [0.29, 0.717) is 12.3 Å². The third kappa shape index (κ3) is 2.25. The van der Waals surface area contributed by atoms with Gasteiger partial charge in [0.2, 0.25) is 0 Å². The van der Waals surface area contributed by atoms with Crippen LogP contribution in [0.3, 0.4) is 0 Å². The zero-order chi connectivity index (χ0) is 9.03. The first-order chi connectivity index (χ1) is 5.73. The normalized spacial score (nSPS) is 21.4. The lowest BCUT2D eigenvalue weighted by molar-refractivity contribution is 0.0119. The fraction of sp³-hybridized carbons (Fsp3) is 0.818. The average molecular weight is 166 g/mol. The number of aliphatic hydroxyl groups is 1. The lowest BCUT2D eigenvalue weighted by Crippen LogP contribution is -2.30. The molecule has 0 aromatic carbocycles. The standard InChI is InChI=1S/C11H18O/c1-3-5-9-11(12,8-4-2)10-6-7-10/h2,10,12H,3,5-9H2,1H3. The Labute approximate surface area is 75.2 Å². The summed E-state index contributed by atoms with van der Waals surface area (Å²) in [6.45, 7) is 2.14. The second-order valence-corrected chi connectivity index (χ2v) is 3.86. The third-order valence-electron chi connectivity index (χ3n) is 2.71. The largest absolute Gasteiger partial charge is 0.389 e. The van der Waals surface area contributed by atoms with Gasteiger partial charge in [-0.15, -0.1) is 12.3 Å². The van der Waals surface area contributed by atoms with Crippen LogP contribution in [-0.4, -0.2) is 10.7 Å². The third-order valence-corrected chi connectivity index (χ3v) is 2.71. The molecule has 0 aromatic heterocycles. The molecule has 1 saturated carbocycles. The van der Waals surface area contributed by atoms with Crippen LogP contribution in [0.5, 0.6) is 0 Å². The topological polar surface area (TPSA) is 20.2 Å². The second kappa shape index (κ2) is 3.96. The Morgan fingerprint density at radius 3 is 2.67 bits per heavy atom. The number of rotatable bonds is 5. The average Bonchev–Trinajstić information content (AvgIpc) is 2.84. The van der Waals surface area contributed by atoms with E-state index in [4.69, 9.17) is 6.42 Å². The highest BCUT2D eigenvalue weighted by atomic mass is 16.3. The zero-order valence-electron chi connectivity index (χ0n) is 7.84. The minimum absolute atomic E-state index is 0.500. The molecule has 0 heterocycles. The minimum atomic E-state index is -0.523. The van der Waals surface area contributed by atoms with Gasteiger partial charge >= 0.3 is 0 Å². The molecule has 1 fully saturated rings. The predicted molar refractivity (Wildman–Crippen MR) is 50.6 cm³/mol. The molecule has 0 spiro atoms. The van der Waals surface area contributed by atoms with Gasteiger partial charge in [0.25, 0.3) is 0 Å². The molecular weight excluding hydrogens is 148 g/mol. The molecular formula is C11H18O. The summed E-state index contributed by atoms with van der Waals surface area (Å²) in [5.74, 6) is 3.09. The van der Waals surface area contributed by atoms with Gasteiger partial charge in [0, 0.05) is 6.42 Å². The van der Waals surface area contributed by atoms with E-state index in [-0.39, 0.29) is 0 Å². The van der Waals surface area contributed by atoms with E-state index < -0.39 is 5.60 Å². The molecule has 0 amide bonds. The molecule has 0 radical (unpaired) electrons.